The van der Waals surface area contributed by atoms with Gasteiger partial charge in [0.05, 0.1) is 18.6 Å². The second-order valence-corrected chi connectivity index (χ2v) is 6.12. The van der Waals surface area contributed by atoms with Gasteiger partial charge in [-0.05, 0) is 36.8 Å². The molecule has 1 amide bonds. The number of benzene rings is 1. The number of hydrogen-bond acceptors (Lipinski definition) is 2. The van der Waals surface area contributed by atoms with Gasteiger partial charge in [0.2, 0.25) is 5.91 Å². The van der Waals surface area contributed by atoms with Gasteiger partial charge in [0.25, 0.3) is 0 Å². The molecule has 2 rings (SSSR count). The van der Waals surface area contributed by atoms with Crippen LogP contribution in [0.4, 0.5) is 0 Å². The van der Waals surface area contributed by atoms with Crippen molar-refractivity contribution in [1.82, 2.24) is 5.32 Å². The van der Waals surface area contributed by atoms with Crippen molar-refractivity contribution in [3.05, 3.63) is 35.4 Å². The molecule has 0 bridgehead atoms. The Morgan fingerprint density at radius 3 is 2.52 bits per heavy atom. The highest BCUT2D eigenvalue weighted by Gasteiger charge is 2.24. The van der Waals surface area contributed by atoms with E-state index in [1.807, 2.05) is 12.1 Å². The molecule has 3 heteroatoms. The second kappa shape index (κ2) is 8.18. The lowest BCUT2D eigenvalue weighted by Crippen LogP contribution is -2.45. The molecule has 1 aromatic rings. The lowest BCUT2D eigenvalue weighted by atomic mass is 9.92. The number of nitrogens with one attached hydrogen (secondary N) is 1. The first-order valence-corrected chi connectivity index (χ1v) is 8.24. The molecule has 2 unspecified atom stereocenters. The van der Waals surface area contributed by atoms with Crippen molar-refractivity contribution in [3.63, 3.8) is 0 Å². The molecule has 1 aliphatic carbocycles. The van der Waals surface area contributed by atoms with E-state index in [0.717, 1.165) is 37.7 Å². The van der Waals surface area contributed by atoms with E-state index in [-0.39, 0.29) is 18.1 Å². The third-order valence-electron chi connectivity index (χ3n) is 4.28. The summed E-state index contributed by atoms with van der Waals surface area (Å²) in [6.07, 6.45) is 7.39. The molecule has 1 fully saturated rings. The number of amides is 1. The maximum absolute atomic E-state index is 12.1. The van der Waals surface area contributed by atoms with Gasteiger partial charge in [-0.3, -0.25) is 4.79 Å². The summed E-state index contributed by atoms with van der Waals surface area (Å²) in [5.41, 5.74) is 2.38. The van der Waals surface area contributed by atoms with Gasteiger partial charge < -0.3 is 10.4 Å². The average Bonchev–Trinajstić information content (AvgIpc) is 2.49. The summed E-state index contributed by atoms with van der Waals surface area (Å²) in [5.74, 6) is 0.0160. The van der Waals surface area contributed by atoms with Gasteiger partial charge in [-0.1, -0.05) is 50.5 Å². The van der Waals surface area contributed by atoms with Crippen molar-refractivity contribution in [1.29, 1.82) is 0 Å². The van der Waals surface area contributed by atoms with Gasteiger partial charge in [0, 0.05) is 0 Å². The van der Waals surface area contributed by atoms with E-state index in [0.29, 0.717) is 6.42 Å². The van der Waals surface area contributed by atoms with Crippen LogP contribution in [0.3, 0.4) is 0 Å². The molecular formula is C18H27NO2. The molecule has 3 nitrogen and oxygen atoms in total. The first kappa shape index (κ1) is 16.0. The normalized spacial score (nSPS) is 22.0. The number of hydrogen-bond donors (Lipinski definition) is 2. The molecular weight excluding hydrogens is 262 g/mol. The van der Waals surface area contributed by atoms with Crippen molar-refractivity contribution < 1.29 is 9.90 Å². The zero-order valence-electron chi connectivity index (χ0n) is 13.0. The standard InChI is InChI=1S/C18H27NO2/c1-2-3-6-14-9-11-15(12-10-14)13-18(21)19-16-7-4-5-8-17(16)20/h9-12,16-17,20H,2-8,13H2,1H3,(H,19,21). The SMILES string of the molecule is CCCCc1ccc(CC(=O)NC2CCCCC2O)cc1. The maximum Gasteiger partial charge on any atom is 0.224 e. The summed E-state index contributed by atoms with van der Waals surface area (Å²) in [4.78, 5) is 12.1. The number of aryl methyl sites for hydroxylation is 1. The van der Waals surface area contributed by atoms with E-state index in [1.165, 1.54) is 18.4 Å². The minimum absolute atomic E-state index is 0.0160. The number of unbranched alkanes of at least 4 members (excludes halogenated alkanes) is 1. The lowest BCUT2D eigenvalue weighted by molar-refractivity contribution is -0.122. The number of carbonyl (C=O) groups excluding carboxylic acids is 1. The summed E-state index contributed by atoms with van der Waals surface area (Å²) in [6, 6.07) is 8.26. The van der Waals surface area contributed by atoms with E-state index in [2.05, 4.69) is 24.4 Å². The van der Waals surface area contributed by atoms with Crippen LogP contribution in [0.25, 0.3) is 0 Å². The molecule has 116 valence electrons. The average molecular weight is 289 g/mol. The fourth-order valence-corrected chi connectivity index (χ4v) is 2.93. The molecule has 2 atom stereocenters. The van der Waals surface area contributed by atoms with E-state index in [1.54, 1.807) is 0 Å². The predicted molar refractivity (Wildman–Crippen MR) is 85.2 cm³/mol. The molecule has 0 radical (unpaired) electrons. The summed E-state index contributed by atoms with van der Waals surface area (Å²) in [7, 11) is 0. The molecule has 2 N–H and O–H groups in total. The van der Waals surface area contributed by atoms with Crippen LogP contribution in [0.15, 0.2) is 24.3 Å². The van der Waals surface area contributed by atoms with Crippen LogP contribution in [0.2, 0.25) is 0 Å². The zero-order chi connectivity index (χ0) is 15.1. The Balaban J connectivity index is 1.81. The minimum atomic E-state index is -0.376. The monoisotopic (exact) mass is 289 g/mol. The fraction of sp³-hybridized carbons (Fsp3) is 0.611. The predicted octanol–water partition coefficient (Wildman–Crippen LogP) is 2.99. The van der Waals surface area contributed by atoms with Crippen molar-refractivity contribution in [2.75, 3.05) is 0 Å². The summed E-state index contributed by atoms with van der Waals surface area (Å²) >= 11 is 0. The molecule has 0 spiro atoms. The van der Waals surface area contributed by atoms with Crippen molar-refractivity contribution in [2.45, 2.75) is 70.4 Å². The van der Waals surface area contributed by atoms with Gasteiger partial charge in [0.1, 0.15) is 0 Å². The molecule has 0 aromatic heterocycles. The van der Waals surface area contributed by atoms with Gasteiger partial charge >= 0.3 is 0 Å². The first-order chi connectivity index (χ1) is 10.2. The fourth-order valence-electron chi connectivity index (χ4n) is 2.93. The lowest BCUT2D eigenvalue weighted by Gasteiger charge is -2.28. The quantitative estimate of drug-likeness (QED) is 0.846. The largest absolute Gasteiger partial charge is 0.391 e. The molecule has 21 heavy (non-hydrogen) atoms. The highest BCUT2D eigenvalue weighted by molar-refractivity contribution is 5.78. The van der Waals surface area contributed by atoms with Gasteiger partial charge in [-0.15, -0.1) is 0 Å². The number of aliphatic hydroxyl groups excluding tert-OH is 1. The molecule has 0 saturated heterocycles. The van der Waals surface area contributed by atoms with Crippen molar-refractivity contribution in [3.8, 4) is 0 Å². The highest BCUT2D eigenvalue weighted by atomic mass is 16.3. The summed E-state index contributed by atoms with van der Waals surface area (Å²) in [5, 5.41) is 12.9. The topological polar surface area (TPSA) is 49.3 Å². The smallest absolute Gasteiger partial charge is 0.224 e. The van der Waals surface area contributed by atoms with Crippen molar-refractivity contribution in [2.24, 2.45) is 0 Å². The summed E-state index contributed by atoms with van der Waals surface area (Å²) < 4.78 is 0. The Labute approximate surface area is 127 Å². The second-order valence-electron chi connectivity index (χ2n) is 6.12. The van der Waals surface area contributed by atoms with Gasteiger partial charge in [-0.2, -0.15) is 0 Å². The van der Waals surface area contributed by atoms with Crippen LogP contribution in [0.1, 0.15) is 56.6 Å². The first-order valence-electron chi connectivity index (χ1n) is 8.24. The number of carbonyl (C=O) groups is 1. The van der Waals surface area contributed by atoms with Gasteiger partial charge in [0.15, 0.2) is 0 Å². The Morgan fingerprint density at radius 2 is 1.86 bits per heavy atom. The van der Waals surface area contributed by atoms with E-state index >= 15 is 0 Å². The zero-order valence-corrected chi connectivity index (χ0v) is 13.0. The van der Waals surface area contributed by atoms with Crippen LogP contribution in [-0.2, 0) is 17.6 Å². The third kappa shape index (κ3) is 5.16. The van der Waals surface area contributed by atoms with Crippen molar-refractivity contribution >= 4 is 5.91 Å². The Hall–Kier alpha value is -1.35. The third-order valence-corrected chi connectivity index (χ3v) is 4.28. The van der Waals surface area contributed by atoms with E-state index in [9.17, 15) is 9.90 Å². The van der Waals surface area contributed by atoms with Gasteiger partial charge in [-0.25, -0.2) is 0 Å². The molecule has 1 aliphatic rings. The molecule has 1 saturated carbocycles. The van der Waals surface area contributed by atoms with Crippen LogP contribution in [0, 0.1) is 0 Å². The minimum Gasteiger partial charge on any atom is -0.391 e. The van der Waals surface area contributed by atoms with Crippen LogP contribution in [0.5, 0.6) is 0 Å². The Bertz CT molecular complexity index is 441. The van der Waals surface area contributed by atoms with Crippen LogP contribution >= 0.6 is 0 Å². The van der Waals surface area contributed by atoms with E-state index < -0.39 is 0 Å². The van der Waals surface area contributed by atoms with Crippen LogP contribution < -0.4 is 5.32 Å². The van der Waals surface area contributed by atoms with Crippen LogP contribution in [-0.4, -0.2) is 23.2 Å². The Morgan fingerprint density at radius 1 is 1.19 bits per heavy atom. The number of aliphatic hydroxyl groups is 1. The highest BCUT2D eigenvalue weighted by Crippen LogP contribution is 2.18. The van der Waals surface area contributed by atoms with E-state index in [4.69, 9.17) is 0 Å². The molecule has 0 heterocycles. The molecule has 0 aliphatic heterocycles. The Kier molecular flexibility index (Phi) is 6.24. The molecule has 1 aromatic carbocycles. The number of rotatable bonds is 6. The maximum atomic E-state index is 12.1. The summed E-state index contributed by atoms with van der Waals surface area (Å²) in [6.45, 7) is 2.19.